The highest BCUT2D eigenvalue weighted by Crippen LogP contribution is 2.31. The zero-order valence-electron chi connectivity index (χ0n) is 21.8. The van der Waals surface area contributed by atoms with Crippen molar-refractivity contribution in [2.24, 2.45) is 0 Å². The van der Waals surface area contributed by atoms with Crippen LogP contribution in [0.5, 0.6) is 5.75 Å². The Morgan fingerprint density at radius 2 is 1.62 bits per heavy atom. The second-order valence-electron chi connectivity index (χ2n) is 10.4. The van der Waals surface area contributed by atoms with Crippen molar-refractivity contribution < 1.29 is 14.3 Å². The summed E-state index contributed by atoms with van der Waals surface area (Å²) in [5.41, 5.74) is 2.29. The zero-order chi connectivity index (χ0) is 25.6. The van der Waals surface area contributed by atoms with Gasteiger partial charge in [-0.25, -0.2) is 4.98 Å². The maximum atomic E-state index is 14.0. The minimum Gasteiger partial charge on any atom is -0.497 e. The molecule has 2 fully saturated rings. The Kier molecular flexibility index (Phi) is 8.07. The minimum atomic E-state index is -0.199. The first-order valence-corrected chi connectivity index (χ1v) is 13.8. The van der Waals surface area contributed by atoms with Crippen LogP contribution in [0.2, 0.25) is 0 Å². The predicted molar refractivity (Wildman–Crippen MR) is 144 cm³/mol. The molecule has 0 unspecified atom stereocenters. The molecular weight excluding hydrogens is 464 g/mol. The number of benzene rings is 2. The van der Waals surface area contributed by atoms with E-state index in [9.17, 15) is 9.59 Å². The Labute approximate surface area is 219 Å². The molecule has 0 radical (unpaired) electrons. The Morgan fingerprint density at radius 1 is 0.946 bits per heavy atom. The van der Waals surface area contributed by atoms with Gasteiger partial charge in [0.15, 0.2) is 0 Å². The fraction of sp³-hybridized carbons (Fsp3) is 0.500. The molecule has 2 aromatic carbocycles. The normalized spacial score (nSPS) is 17.0. The zero-order valence-corrected chi connectivity index (χ0v) is 21.8. The Morgan fingerprint density at radius 3 is 2.30 bits per heavy atom. The SMILES string of the molecule is COc1cccc(C(=O)NCc2nc3ccccc3n2CC(=O)N(C2CCCCC2)C2CCCCC2)c1. The Bertz CT molecular complexity index is 1210. The number of imidazole rings is 1. The molecule has 3 aromatic rings. The van der Waals surface area contributed by atoms with Gasteiger partial charge in [-0.05, 0) is 56.0 Å². The maximum absolute atomic E-state index is 14.0. The van der Waals surface area contributed by atoms with Crippen LogP contribution >= 0.6 is 0 Å². The number of ether oxygens (including phenoxy) is 1. The van der Waals surface area contributed by atoms with E-state index in [-0.39, 0.29) is 24.9 Å². The highest BCUT2D eigenvalue weighted by Gasteiger charge is 2.33. The van der Waals surface area contributed by atoms with Crippen LogP contribution in [0.4, 0.5) is 0 Å². The number of carbonyl (C=O) groups excluding carboxylic acids is 2. The second kappa shape index (κ2) is 11.8. The van der Waals surface area contributed by atoms with Gasteiger partial charge in [-0.1, -0.05) is 56.7 Å². The van der Waals surface area contributed by atoms with Crippen LogP contribution in [0.25, 0.3) is 11.0 Å². The van der Waals surface area contributed by atoms with E-state index in [4.69, 9.17) is 9.72 Å². The summed E-state index contributed by atoms with van der Waals surface area (Å²) in [5, 5.41) is 2.99. The molecule has 0 aliphatic heterocycles. The van der Waals surface area contributed by atoms with Crippen LogP contribution in [0, 0.1) is 0 Å². The van der Waals surface area contributed by atoms with E-state index in [1.165, 1.54) is 38.5 Å². The highest BCUT2D eigenvalue weighted by molar-refractivity contribution is 5.94. The summed E-state index contributed by atoms with van der Waals surface area (Å²) < 4.78 is 7.26. The van der Waals surface area contributed by atoms with Crippen molar-refractivity contribution in [3.63, 3.8) is 0 Å². The Hall–Kier alpha value is -3.35. The molecule has 1 aromatic heterocycles. The molecule has 1 N–H and O–H groups in total. The number of carbonyl (C=O) groups is 2. The molecule has 7 nitrogen and oxygen atoms in total. The molecule has 2 aliphatic carbocycles. The predicted octanol–water partition coefficient (Wildman–Crippen LogP) is 5.47. The number of rotatable bonds is 8. The van der Waals surface area contributed by atoms with Crippen LogP contribution in [-0.2, 0) is 17.9 Å². The van der Waals surface area contributed by atoms with E-state index in [1.807, 2.05) is 34.9 Å². The number of aromatic nitrogens is 2. The first-order valence-electron chi connectivity index (χ1n) is 13.8. The lowest BCUT2D eigenvalue weighted by Crippen LogP contribution is -2.50. The number of amides is 2. The average Bonchev–Trinajstić information content (AvgIpc) is 3.30. The Balaban J connectivity index is 1.38. The van der Waals surface area contributed by atoms with E-state index >= 15 is 0 Å². The maximum Gasteiger partial charge on any atom is 0.251 e. The lowest BCUT2D eigenvalue weighted by atomic mass is 9.88. The third-order valence-electron chi connectivity index (χ3n) is 7.99. The third kappa shape index (κ3) is 5.81. The van der Waals surface area contributed by atoms with E-state index in [0.29, 0.717) is 29.2 Å². The van der Waals surface area contributed by atoms with Gasteiger partial charge in [0, 0.05) is 17.6 Å². The van der Waals surface area contributed by atoms with Crippen molar-refractivity contribution in [1.29, 1.82) is 0 Å². The molecule has 2 aliphatic rings. The summed E-state index contributed by atoms with van der Waals surface area (Å²) in [4.78, 5) is 33.9. The molecule has 2 saturated carbocycles. The third-order valence-corrected chi connectivity index (χ3v) is 7.99. The van der Waals surface area contributed by atoms with Crippen molar-refractivity contribution in [1.82, 2.24) is 19.8 Å². The number of nitrogens with one attached hydrogen (secondary N) is 1. The quantitative estimate of drug-likeness (QED) is 0.443. The van der Waals surface area contributed by atoms with Gasteiger partial charge in [-0.2, -0.15) is 0 Å². The number of nitrogens with zero attached hydrogens (tertiary/aromatic N) is 3. The second-order valence-corrected chi connectivity index (χ2v) is 10.4. The van der Waals surface area contributed by atoms with Crippen LogP contribution in [0.3, 0.4) is 0 Å². The summed E-state index contributed by atoms with van der Waals surface area (Å²) in [7, 11) is 1.58. The summed E-state index contributed by atoms with van der Waals surface area (Å²) in [6, 6.07) is 15.7. The molecule has 0 spiro atoms. The fourth-order valence-corrected chi connectivity index (χ4v) is 6.10. The van der Waals surface area contributed by atoms with Crippen LogP contribution in [-0.4, -0.2) is 45.5 Å². The van der Waals surface area contributed by atoms with E-state index in [0.717, 1.165) is 36.7 Å². The fourth-order valence-electron chi connectivity index (χ4n) is 6.10. The van der Waals surface area contributed by atoms with Crippen LogP contribution < -0.4 is 10.1 Å². The topological polar surface area (TPSA) is 76.5 Å². The minimum absolute atomic E-state index is 0.183. The summed E-state index contributed by atoms with van der Waals surface area (Å²) in [5.74, 6) is 1.31. The van der Waals surface area contributed by atoms with Crippen molar-refractivity contribution in [3.8, 4) is 5.75 Å². The monoisotopic (exact) mass is 502 g/mol. The lowest BCUT2D eigenvalue weighted by Gasteiger charge is -2.42. The van der Waals surface area contributed by atoms with E-state index in [1.54, 1.807) is 25.3 Å². The molecule has 7 heteroatoms. The standard InChI is InChI=1S/C30H38N4O3/c1-37-25-16-10-11-22(19-25)30(36)31-20-28-32-26-17-8-9-18-27(26)33(28)21-29(35)34(23-12-4-2-5-13-23)24-14-6-3-7-15-24/h8-11,16-19,23-24H,2-7,12-15,20-21H2,1H3,(H,31,36). The number of fused-ring (bicyclic) bond motifs is 1. The van der Waals surface area contributed by atoms with Gasteiger partial charge < -0.3 is 19.5 Å². The van der Waals surface area contributed by atoms with Crippen molar-refractivity contribution >= 4 is 22.8 Å². The number of para-hydroxylation sites is 2. The largest absolute Gasteiger partial charge is 0.497 e. The molecule has 0 saturated heterocycles. The van der Waals surface area contributed by atoms with Gasteiger partial charge >= 0.3 is 0 Å². The van der Waals surface area contributed by atoms with E-state index in [2.05, 4.69) is 10.2 Å². The lowest BCUT2D eigenvalue weighted by molar-refractivity contribution is -0.138. The molecule has 196 valence electrons. The number of hydrogen-bond donors (Lipinski definition) is 1. The van der Waals surface area contributed by atoms with Gasteiger partial charge in [0.25, 0.3) is 5.91 Å². The average molecular weight is 503 g/mol. The molecule has 37 heavy (non-hydrogen) atoms. The summed E-state index contributed by atoms with van der Waals surface area (Å²) >= 11 is 0. The number of hydrogen-bond acceptors (Lipinski definition) is 4. The summed E-state index contributed by atoms with van der Waals surface area (Å²) in [6.45, 7) is 0.489. The molecule has 2 amide bonds. The van der Waals surface area contributed by atoms with Gasteiger partial charge in [0.05, 0.1) is 24.7 Å². The molecular formula is C30H38N4O3. The van der Waals surface area contributed by atoms with Gasteiger partial charge in [0.1, 0.15) is 18.1 Å². The summed E-state index contributed by atoms with van der Waals surface area (Å²) in [6.07, 6.45) is 11.8. The molecule has 0 bridgehead atoms. The van der Waals surface area contributed by atoms with Crippen molar-refractivity contribution in [2.45, 2.75) is 89.4 Å². The van der Waals surface area contributed by atoms with Gasteiger partial charge in [0.2, 0.25) is 5.91 Å². The highest BCUT2D eigenvalue weighted by atomic mass is 16.5. The van der Waals surface area contributed by atoms with E-state index < -0.39 is 0 Å². The molecule has 5 rings (SSSR count). The van der Waals surface area contributed by atoms with Gasteiger partial charge in [-0.15, -0.1) is 0 Å². The molecule has 0 atom stereocenters. The molecule has 1 heterocycles. The van der Waals surface area contributed by atoms with Crippen LogP contribution in [0.15, 0.2) is 48.5 Å². The van der Waals surface area contributed by atoms with Crippen molar-refractivity contribution in [2.75, 3.05) is 7.11 Å². The first-order chi connectivity index (χ1) is 18.1. The van der Waals surface area contributed by atoms with Gasteiger partial charge in [-0.3, -0.25) is 9.59 Å². The van der Waals surface area contributed by atoms with Crippen molar-refractivity contribution in [3.05, 3.63) is 59.9 Å². The smallest absolute Gasteiger partial charge is 0.251 e. The first kappa shape index (κ1) is 25.3. The number of methoxy groups -OCH3 is 1. The van der Waals surface area contributed by atoms with Crippen LogP contribution in [0.1, 0.15) is 80.4 Å².